The first-order valence-electron chi connectivity index (χ1n) is 10.6. The number of aromatic nitrogens is 1. The normalized spacial score (nSPS) is 20.0. The zero-order chi connectivity index (χ0) is 20.8. The Balaban J connectivity index is 1.35. The van der Waals surface area contributed by atoms with E-state index in [0.717, 1.165) is 45.1 Å². The van der Waals surface area contributed by atoms with Crippen LogP contribution in [0.15, 0.2) is 48.7 Å². The molecule has 1 aromatic heterocycles. The van der Waals surface area contributed by atoms with Crippen LogP contribution in [-0.2, 0) is 0 Å². The summed E-state index contributed by atoms with van der Waals surface area (Å²) in [5.41, 5.74) is 1.92. The van der Waals surface area contributed by atoms with E-state index in [-0.39, 0.29) is 11.9 Å². The van der Waals surface area contributed by atoms with E-state index in [4.69, 9.17) is 5.26 Å². The Kier molecular flexibility index (Phi) is 6.57. The number of hydrogen-bond donors (Lipinski definition) is 1. The third kappa shape index (κ3) is 4.78. The van der Waals surface area contributed by atoms with Crippen molar-refractivity contribution in [1.29, 1.82) is 5.26 Å². The van der Waals surface area contributed by atoms with Gasteiger partial charge < -0.3 is 15.1 Å². The topological polar surface area (TPSA) is 75.5 Å². The lowest BCUT2D eigenvalue weighted by Crippen LogP contribution is -2.48. The van der Waals surface area contributed by atoms with Gasteiger partial charge in [-0.25, -0.2) is 4.98 Å². The molecule has 7 heteroatoms. The molecule has 2 fully saturated rings. The van der Waals surface area contributed by atoms with Crippen LogP contribution in [0.25, 0.3) is 0 Å². The first-order chi connectivity index (χ1) is 14.7. The number of pyridine rings is 1. The second-order valence-corrected chi connectivity index (χ2v) is 7.81. The van der Waals surface area contributed by atoms with Crippen molar-refractivity contribution in [3.05, 3.63) is 59.8 Å². The van der Waals surface area contributed by atoms with Gasteiger partial charge in [-0.1, -0.05) is 30.3 Å². The number of carbonyl (C=O) groups excluding carboxylic acids is 1. The zero-order valence-electron chi connectivity index (χ0n) is 17.2. The minimum Gasteiger partial charge on any atom is -0.353 e. The summed E-state index contributed by atoms with van der Waals surface area (Å²) in [6.07, 6.45) is 2.25. The molecular weight excluding hydrogens is 376 g/mol. The highest BCUT2D eigenvalue weighted by molar-refractivity contribution is 5.94. The van der Waals surface area contributed by atoms with Gasteiger partial charge in [0.15, 0.2) is 0 Å². The summed E-state index contributed by atoms with van der Waals surface area (Å²) >= 11 is 0. The number of benzene rings is 1. The summed E-state index contributed by atoms with van der Waals surface area (Å²) in [7, 11) is 0. The van der Waals surface area contributed by atoms with Gasteiger partial charge >= 0.3 is 0 Å². The molecule has 0 unspecified atom stereocenters. The molecule has 2 aliphatic rings. The number of nitrogens with one attached hydrogen (secondary N) is 1. The van der Waals surface area contributed by atoms with Crippen LogP contribution < -0.4 is 10.2 Å². The molecule has 1 amide bonds. The van der Waals surface area contributed by atoms with Gasteiger partial charge in [-0.2, -0.15) is 5.26 Å². The molecular formula is C23H28N6O. The lowest BCUT2D eigenvalue weighted by Gasteiger charge is -2.35. The van der Waals surface area contributed by atoms with E-state index in [1.807, 2.05) is 23.1 Å². The Hall–Kier alpha value is -2.95. The van der Waals surface area contributed by atoms with E-state index in [1.54, 1.807) is 6.20 Å². The Morgan fingerprint density at radius 1 is 1.10 bits per heavy atom. The number of hydrogen-bond acceptors (Lipinski definition) is 6. The monoisotopic (exact) mass is 404 g/mol. The first kappa shape index (κ1) is 20.3. The second-order valence-electron chi connectivity index (χ2n) is 7.81. The number of nitrogens with zero attached hydrogens (tertiary/aromatic N) is 5. The fourth-order valence-electron chi connectivity index (χ4n) is 4.13. The predicted octanol–water partition coefficient (Wildman–Crippen LogP) is 1.90. The minimum absolute atomic E-state index is 0.0384. The highest BCUT2D eigenvalue weighted by Crippen LogP contribution is 2.21. The fraction of sp³-hybridized carbons (Fsp3) is 0.435. The van der Waals surface area contributed by atoms with Crippen LogP contribution in [0.1, 0.15) is 28.4 Å². The molecule has 0 spiro atoms. The van der Waals surface area contributed by atoms with Crippen LogP contribution in [0.2, 0.25) is 0 Å². The largest absolute Gasteiger partial charge is 0.353 e. The summed E-state index contributed by atoms with van der Waals surface area (Å²) in [5, 5.41) is 12.3. The molecule has 0 aliphatic carbocycles. The number of anilines is 1. The Morgan fingerprint density at radius 2 is 1.90 bits per heavy atom. The van der Waals surface area contributed by atoms with E-state index in [2.05, 4.69) is 50.4 Å². The lowest BCUT2D eigenvalue weighted by molar-refractivity contribution is 0.0639. The molecule has 7 nitrogen and oxygen atoms in total. The van der Waals surface area contributed by atoms with Crippen molar-refractivity contribution in [2.45, 2.75) is 12.5 Å². The van der Waals surface area contributed by atoms with E-state index in [1.165, 1.54) is 5.56 Å². The fourth-order valence-corrected chi connectivity index (χ4v) is 4.13. The van der Waals surface area contributed by atoms with Gasteiger partial charge in [-0.15, -0.1) is 0 Å². The van der Waals surface area contributed by atoms with Gasteiger partial charge in [0.2, 0.25) is 0 Å². The third-order valence-electron chi connectivity index (χ3n) is 5.90. The van der Waals surface area contributed by atoms with Gasteiger partial charge in [-0.3, -0.25) is 9.69 Å². The minimum atomic E-state index is 0.0384. The maximum Gasteiger partial charge on any atom is 0.255 e. The molecule has 0 radical (unpaired) electrons. The smallest absolute Gasteiger partial charge is 0.255 e. The lowest BCUT2D eigenvalue weighted by atomic mass is 10.0. The van der Waals surface area contributed by atoms with Crippen molar-refractivity contribution >= 4 is 11.7 Å². The van der Waals surface area contributed by atoms with E-state index >= 15 is 0 Å². The molecule has 1 N–H and O–H groups in total. The van der Waals surface area contributed by atoms with Crippen molar-refractivity contribution < 1.29 is 4.79 Å². The van der Waals surface area contributed by atoms with Gasteiger partial charge in [0.05, 0.1) is 11.6 Å². The SMILES string of the molecule is N#CCCN1CCN(C(=O)c2ccc(N3CCN[C@@H](c4ccccc4)C3)nc2)CC1. The molecule has 30 heavy (non-hydrogen) atoms. The van der Waals surface area contributed by atoms with Crippen molar-refractivity contribution in [3.63, 3.8) is 0 Å². The number of piperazine rings is 2. The highest BCUT2D eigenvalue weighted by atomic mass is 16.2. The Labute approximate surface area is 177 Å². The van der Waals surface area contributed by atoms with Crippen molar-refractivity contribution in [2.24, 2.45) is 0 Å². The molecule has 2 aromatic rings. The molecule has 4 rings (SSSR count). The van der Waals surface area contributed by atoms with Crippen LogP contribution in [-0.4, -0.2) is 73.0 Å². The summed E-state index contributed by atoms with van der Waals surface area (Å²) in [4.78, 5) is 23.8. The number of amides is 1. The van der Waals surface area contributed by atoms with E-state index in [9.17, 15) is 4.79 Å². The van der Waals surface area contributed by atoms with Gasteiger partial charge in [0, 0.05) is 71.0 Å². The molecule has 156 valence electrons. The molecule has 0 bridgehead atoms. The van der Waals surface area contributed by atoms with Crippen LogP contribution in [0, 0.1) is 11.3 Å². The van der Waals surface area contributed by atoms with E-state index < -0.39 is 0 Å². The van der Waals surface area contributed by atoms with Crippen LogP contribution >= 0.6 is 0 Å². The van der Waals surface area contributed by atoms with Crippen LogP contribution in [0.3, 0.4) is 0 Å². The molecule has 0 saturated carbocycles. The summed E-state index contributed by atoms with van der Waals surface area (Å²) in [5.74, 6) is 0.951. The average molecular weight is 405 g/mol. The third-order valence-corrected chi connectivity index (χ3v) is 5.90. The molecule has 1 aromatic carbocycles. The molecule has 2 saturated heterocycles. The molecule has 3 heterocycles. The summed E-state index contributed by atoms with van der Waals surface area (Å²) in [6.45, 7) is 6.47. The summed E-state index contributed by atoms with van der Waals surface area (Å²) in [6, 6.07) is 16.8. The quantitative estimate of drug-likeness (QED) is 0.821. The number of rotatable bonds is 5. The molecule has 2 aliphatic heterocycles. The maximum absolute atomic E-state index is 12.8. The van der Waals surface area contributed by atoms with Crippen molar-refractivity contribution in [3.8, 4) is 6.07 Å². The van der Waals surface area contributed by atoms with E-state index in [0.29, 0.717) is 25.1 Å². The second kappa shape index (κ2) is 9.70. The van der Waals surface area contributed by atoms with Gasteiger partial charge in [0.25, 0.3) is 5.91 Å². The predicted molar refractivity (Wildman–Crippen MR) is 116 cm³/mol. The zero-order valence-corrected chi connectivity index (χ0v) is 17.2. The van der Waals surface area contributed by atoms with Gasteiger partial charge in [0.1, 0.15) is 5.82 Å². The highest BCUT2D eigenvalue weighted by Gasteiger charge is 2.24. The van der Waals surface area contributed by atoms with Gasteiger partial charge in [-0.05, 0) is 17.7 Å². The van der Waals surface area contributed by atoms with Crippen molar-refractivity contribution in [2.75, 3.05) is 57.3 Å². The maximum atomic E-state index is 12.8. The Morgan fingerprint density at radius 3 is 2.60 bits per heavy atom. The average Bonchev–Trinajstić information content (AvgIpc) is 2.83. The first-order valence-corrected chi connectivity index (χ1v) is 10.6. The van der Waals surface area contributed by atoms with Crippen LogP contribution in [0.4, 0.5) is 5.82 Å². The van der Waals surface area contributed by atoms with Crippen LogP contribution in [0.5, 0.6) is 0 Å². The Bertz CT molecular complexity index is 871. The van der Waals surface area contributed by atoms with Crippen molar-refractivity contribution in [1.82, 2.24) is 20.1 Å². The summed E-state index contributed by atoms with van der Waals surface area (Å²) < 4.78 is 0. The number of nitriles is 1. The molecule has 1 atom stereocenters. The standard InChI is InChI=1S/C23H28N6O/c24-9-4-11-27-13-15-28(16-14-27)23(30)20-7-8-22(26-17-20)29-12-10-25-21(18-29)19-5-2-1-3-6-19/h1-3,5-8,17,21,25H,4,10-16,18H2/t21-/m1/s1. The number of carbonyl (C=O) groups is 1.